The highest BCUT2D eigenvalue weighted by Crippen LogP contribution is 2.32. The second-order valence-electron chi connectivity index (χ2n) is 5.74. The van der Waals surface area contributed by atoms with Crippen LogP contribution in [0, 0.1) is 18.8 Å². The number of carbonyl (C=O) groups excluding carboxylic acids is 1. The van der Waals surface area contributed by atoms with Gasteiger partial charge in [-0.25, -0.2) is 4.98 Å². The van der Waals surface area contributed by atoms with Crippen molar-refractivity contribution in [2.75, 3.05) is 5.32 Å². The van der Waals surface area contributed by atoms with Gasteiger partial charge in [0, 0.05) is 5.69 Å². The Morgan fingerprint density at radius 2 is 2.00 bits per heavy atom. The summed E-state index contributed by atoms with van der Waals surface area (Å²) in [4.78, 5) is 28.1. The summed E-state index contributed by atoms with van der Waals surface area (Å²) >= 11 is 1.58. The highest BCUT2D eigenvalue weighted by atomic mass is 32.1. The molecule has 5 nitrogen and oxygen atoms in total. The largest absolute Gasteiger partial charge is 0.481 e. The molecular weight excluding hydrogens is 300 g/mol. The highest BCUT2D eigenvalue weighted by Gasteiger charge is 2.35. The lowest BCUT2D eigenvalue weighted by Gasteiger charge is -2.27. The Balaban J connectivity index is 1.77. The van der Waals surface area contributed by atoms with Crippen molar-refractivity contribution in [1.29, 1.82) is 0 Å². The van der Waals surface area contributed by atoms with Crippen molar-refractivity contribution in [2.45, 2.75) is 32.6 Å². The number of amides is 1. The van der Waals surface area contributed by atoms with E-state index in [2.05, 4.69) is 10.3 Å². The minimum Gasteiger partial charge on any atom is -0.481 e. The van der Waals surface area contributed by atoms with Crippen LogP contribution in [-0.2, 0) is 9.59 Å². The van der Waals surface area contributed by atoms with E-state index in [0.29, 0.717) is 18.5 Å². The summed E-state index contributed by atoms with van der Waals surface area (Å²) in [6, 6.07) is 5.60. The smallest absolute Gasteiger partial charge is 0.307 e. The summed E-state index contributed by atoms with van der Waals surface area (Å²) < 4.78 is 1.02. The van der Waals surface area contributed by atoms with Gasteiger partial charge in [0.05, 0.1) is 27.1 Å². The average molecular weight is 318 g/mol. The fourth-order valence-electron chi connectivity index (χ4n) is 3.09. The van der Waals surface area contributed by atoms with Gasteiger partial charge in [0.1, 0.15) is 0 Å². The molecule has 0 saturated heterocycles. The zero-order chi connectivity index (χ0) is 15.7. The van der Waals surface area contributed by atoms with E-state index < -0.39 is 17.8 Å². The van der Waals surface area contributed by atoms with E-state index in [9.17, 15) is 14.7 Å². The predicted molar refractivity (Wildman–Crippen MR) is 86.1 cm³/mol. The average Bonchev–Trinajstić information content (AvgIpc) is 2.86. The first-order valence-electron chi connectivity index (χ1n) is 7.45. The Morgan fingerprint density at radius 1 is 1.27 bits per heavy atom. The second-order valence-corrected chi connectivity index (χ2v) is 6.98. The molecule has 22 heavy (non-hydrogen) atoms. The van der Waals surface area contributed by atoms with Crippen molar-refractivity contribution in [3.05, 3.63) is 23.2 Å². The third-order valence-electron chi connectivity index (χ3n) is 4.18. The molecule has 1 amide bonds. The molecule has 0 aliphatic heterocycles. The lowest BCUT2D eigenvalue weighted by atomic mass is 9.78. The number of carboxylic acid groups (broad SMARTS) is 1. The first-order chi connectivity index (χ1) is 10.5. The highest BCUT2D eigenvalue weighted by molar-refractivity contribution is 7.18. The first kappa shape index (κ1) is 15.0. The van der Waals surface area contributed by atoms with Crippen LogP contribution in [0.2, 0.25) is 0 Å². The summed E-state index contributed by atoms with van der Waals surface area (Å²) in [5, 5.41) is 13.1. The maximum absolute atomic E-state index is 12.4. The fourth-order valence-corrected chi connectivity index (χ4v) is 3.96. The van der Waals surface area contributed by atoms with Crippen LogP contribution in [0.3, 0.4) is 0 Å². The maximum Gasteiger partial charge on any atom is 0.307 e. The van der Waals surface area contributed by atoms with Crippen LogP contribution >= 0.6 is 11.3 Å². The second kappa shape index (κ2) is 6.04. The standard InChI is InChI=1S/C16H18N2O3S/c1-9-17-13-7-6-10(8-14(13)22-9)18-15(19)11-4-2-3-5-12(11)16(20)21/h6-8,11-12H,2-5H2,1H3,(H,18,19)(H,20,21)/t11-,12-/m1/s1. The Labute approximate surface area is 132 Å². The van der Waals surface area contributed by atoms with Crippen molar-refractivity contribution in [3.8, 4) is 0 Å². The Morgan fingerprint density at radius 3 is 2.73 bits per heavy atom. The Hall–Kier alpha value is -1.95. The van der Waals surface area contributed by atoms with Gasteiger partial charge in [-0.3, -0.25) is 9.59 Å². The van der Waals surface area contributed by atoms with Gasteiger partial charge in [-0.15, -0.1) is 11.3 Å². The third-order valence-corrected chi connectivity index (χ3v) is 5.12. The van der Waals surface area contributed by atoms with Crippen LogP contribution in [0.4, 0.5) is 5.69 Å². The molecule has 0 radical (unpaired) electrons. The number of fused-ring (bicyclic) bond motifs is 1. The number of aromatic nitrogens is 1. The molecule has 0 spiro atoms. The molecule has 1 aliphatic rings. The van der Waals surface area contributed by atoms with Crippen LogP contribution in [0.1, 0.15) is 30.7 Å². The first-order valence-corrected chi connectivity index (χ1v) is 8.27. The topological polar surface area (TPSA) is 79.3 Å². The summed E-state index contributed by atoms with van der Waals surface area (Å²) in [6.45, 7) is 1.95. The number of thiazole rings is 1. The molecule has 1 saturated carbocycles. The van der Waals surface area contributed by atoms with Gasteiger partial charge in [-0.05, 0) is 38.0 Å². The van der Waals surface area contributed by atoms with Crippen LogP contribution in [0.15, 0.2) is 18.2 Å². The fraction of sp³-hybridized carbons (Fsp3) is 0.438. The third kappa shape index (κ3) is 2.97. The molecule has 0 bridgehead atoms. The minimum atomic E-state index is -0.867. The summed E-state index contributed by atoms with van der Waals surface area (Å²) in [5.41, 5.74) is 1.62. The molecule has 6 heteroatoms. The number of anilines is 1. The summed E-state index contributed by atoms with van der Waals surface area (Å²) in [5.74, 6) is -2.06. The number of carbonyl (C=O) groups is 2. The van der Waals surface area contributed by atoms with Crippen molar-refractivity contribution < 1.29 is 14.7 Å². The number of hydrogen-bond acceptors (Lipinski definition) is 4. The molecule has 2 N–H and O–H groups in total. The Bertz CT molecular complexity index is 725. The van der Waals surface area contributed by atoms with Gasteiger partial charge >= 0.3 is 5.97 Å². The van der Waals surface area contributed by atoms with E-state index in [0.717, 1.165) is 28.1 Å². The molecule has 1 aromatic heterocycles. The van der Waals surface area contributed by atoms with Gasteiger partial charge in [0.15, 0.2) is 0 Å². The number of rotatable bonds is 3. The lowest BCUT2D eigenvalue weighted by molar-refractivity contribution is -0.147. The molecule has 3 rings (SSSR count). The summed E-state index contributed by atoms with van der Waals surface area (Å²) in [7, 11) is 0. The molecular formula is C16H18N2O3S. The van der Waals surface area contributed by atoms with Crippen LogP contribution < -0.4 is 5.32 Å². The SMILES string of the molecule is Cc1nc2ccc(NC(=O)[C@@H]3CCCC[C@H]3C(=O)O)cc2s1. The van der Waals surface area contributed by atoms with E-state index in [1.54, 1.807) is 11.3 Å². The number of benzene rings is 1. The van der Waals surface area contributed by atoms with Crippen molar-refractivity contribution in [1.82, 2.24) is 4.98 Å². The number of aryl methyl sites for hydroxylation is 1. The maximum atomic E-state index is 12.4. The van der Waals surface area contributed by atoms with E-state index in [4.69, 9.17) is 0 Å². The van der Waals surface area contributed by atoms with Gasteiger partial charge in [0.25, 0.3) is 0 Å². The van der Waals surface area contributed by atoms with Crippen molar-refractivity contribution in [3.63, 3.8) is 0 Å². The zero-order valence-electron chi connectivity index (χ0n) is 12.3. The number of aliphatic carboxylic acids is 1. The molecule has 116 valence electrons. The monoisotopic (exact) mass is 318 g/mol. The number of nitrogens with zero attached hydrogens (tertiary/aromatic N) is 1. The molecule has 2 atom stereocenters. The molecule has 1 fully saturated rings. The molecule has 0 unspecified atom stereocenters. The van der Waals surface area contributed by atoms with Gasteiger partial charge in [-0.1, -0.05) is 12.8 Å². The summed E-state index contributed by atoms with van der Waals surface area (Å²) in [6.07, 6.45) is 3.02. The van der Waals surface area contributed by atoms with Crippen LogP contribution in [-0.4, -0.2) is 22.0 Å². The molecule has 1 aliphatic carbocycles. The van der Waals surface area contributed by atoms with E-state index in [1.807, 2.05) is 25.1 Å². The van der Waals surface area contributed by atoms with Crippen molar-refractivity contribution in [2.24, 2.45) is 11.8 Å². The molecule has 1 heterocycles. The van der Waals surface area contributed by atoms with Gasteiger partial charge in [-0.2, -0.15) is 0 Å². The zero-order valence-corrected chi connectivity index (χ0v) is 13.2. The normalized spacial score (nSPS) is 21.7. The van der Waals surface area contributed by atoms with Gasteiger partial charge < -0.3 is 10.4 Å². The van der Waals surface area contributed by atoms with Crippen LogP contribution in [0.5, 0.6) is 0 Å². The number of hydrogen-bond donors (Lipinski definition) is 2. The lowest BCUT2D eigenvalue weighted by Crippen LogP contribution is -2.36. The quantitative estimate of drug-likeness (QED) is 0.908. The predicted octanol–water partition coefficient (Wildman–Crippen LogP) is 3.43. The number of nitrogens with one attached hydrogen (secondary N) is 1. The van der Waals surface area contributed by atoms with Crippen molar-refractivity contribution >= 4 is 39.1 Å². The minimum absolute atomic E-state index is 0.187. The molecule has 1 aromatic carbocycles. The number of carboxylic acids is 1. The van der Waals surface area contributed by atoms with E-state index in [-0.39, 0.29) is 5.91 Å². The van der Waals surface area contributed by atoms with E-state index >= 15 is 0 Å². The Kier molecular flexibility index (Phi) is 4.11. The van der Waals surface area contributed by atoms with Gasteiger partial charge in [0.2, 0.25) is 5.91 Å². The van der Waals surface area contributed by atoms with Crippen LogP contribution in [0.25, 0.3) is 10.2 Å². The molecule has 2 aromatic rings. The van der Waals surface area contributed by atoms with E-state index in [1.165, 1.54) is 0 Å².